The lowest BCUT2D eigenvalue weighted by molar-refractivity contribution is -0.133. The molecule has 2 aliphatic carbocycles. The molecular weight excluding hydrogens is 424 g/mol. The van der Waals surface area contributed by atoms with E-state index in [2.05, 4.69) is 69.5 Å². The largest absolute Gasteiger partial charge is 0.378 e. The second kappa shape index (κ2) is 7.79. The van der Waals surface area contributed by atoms with Crippen LogP contribution in [0.15, 0.2) is 40.9 Å². The Morgan fingerprint density at radius 2 is 1.86 bits per heavy atom. The van der Waals surface area contributed by atoms with Gasteiger partial charge in [-0.3, -0.25) is 4.79 Å². The summed E-state index contributed by atoms with van der Waals surface area (Å²) in [5.74, 6) is 1.33. The number of nitrogens with zero attached hydrogens (tertiary/aromatic N) is 1. The molecule has 1 saturated heterocycles. The monoisotopic (exact) mass is 452 g/mol. The van der Waals surface area contributed by atoms with Gasteiger partial charge in [0.2, 0.25) is 5.91 Å². The molecule has 1 amide bonds. The summed E-state index contributed by atoms with van der Waals surface area (Å²) < 4.78 is 1.21. The topological polar surface area (TPSA) is 32.3 Å². The second-order valence-electron chi connectivity index (χ2n) is 9.00. The third-order valence-electron chi connectivity index (χ3n) is 6.98. The zero-order chi connectivity index (χ0) is 20.0. The lowest BCUT2D eigenvalue weighted by atomic mass is 9.88. The Morgan fingerprint density at radius 1 is 1.07 bits per heavy atom. The number of hydrogen-bond donors (Lipinski definition) is 1. The normalized spacial score (nSPS) is 21.9. The Bertz CT molecular complexity index is 928. The second-order valence-corrected chi connectivity index (χ2v) is 9.85. The average Bonchev–Trinajstić information content (AvgIpc) is 3.50. The molecule has 0 unspecified atom stereocenters. The minimum atomic E-state index is 0.347. The maximum absolute atomic E-state index is 12.3. The van der Waals surface area contributed by atoms with E-state index in [0.29, 0.717) is 23.8 Å². The number of piperidine rings is 1. The van der Waals surface area contributed by atoms with Crippen LogP contribution in [0.5, 0.6) is 0 Å². The number of likely N-dealkylation sites (tertiary alicyclic amines) is 1. The number of hydrogen-bond acceptors (Lipinski definition) is 2. The van der Waals surface area contributed by atoms with Crippen molar-refractivity contribution in [1.82, 2.24) is 4.90 Å². The number of carbonyl (C=O) groups is 1. The van der Waals surface area contributed by atoms with Crippen LogP contribution in [0.4, 0.5) is 5.69 Å². The summed E-state index contributed by atoms with van der Waals surface area (Å²) in [6.45, 7) is 4.06. The van der Waals surface area contributed by atoms with Gasteiger partial charge in [-0.15, -0.1) is 0 Å². The van der Waals surface area contributed by atoms with Crippen LogP contribution in [0.1, 0.15) is 66.3 Å². The Hall–Kier alpha value is -1.81. The summed E-state index contributed by atoms with van der Waals surface area (Å²) in [5, 5.41) is 3.79. The summed E-state index contributed by atoms with van der Waals surface area (Å²) in [6, 6.07) is 13.8. The third kappa shape index (κ3) is 3.84. The van der Waals surface area contributed by atoms with Crippen LogP contribution in [-0.4, -0.2) is 23.9 Å². The quantitative estimate of drug-likeness (QED) is 0.619. The highest BCUT2D eigenvalue weighted by Crippen LogP contribution is 2.40. The van der Waals surface area contributed by atoms with Gasteiger partial charge in [-0.05, 0) is 85.8 Å². The summed E-state index contributed by atoms with van der Waals surface area (Å²) in [5.41, 5.74) is 6.87. The Morgan fingerprint density at radius 3 is 2.59 bits per heavy atom. The van der Waals surface area contributed by atoms with Gasteiger partial charge in [0, 0.05) is 29.2 Å². The molecule has 29 heavy (non-hydrogen) atoms. The summed E-state index contributed by atoms with van der Waals surface area (Å²) in [7, 11) is 0. The summed E-state index contributed by atoms with van der Waals surface area (Å²) in [4.78, 5) is 14.4. The highest BCUT2D eigenvalue weighted by molar-refractivity contribution is 9.10. The minimum Gasteiger partial charge on any atom is -0.378 e. The first kappa shape index (κ1) is 19.2. The molecule has 1 aliphatic heterocycles. The van der Waals surface area contributed by atoms with E-state index in [1.165, 1.54) is 32.4 Å². The molecule has 2 aromatic rings. The van der Waals surface area contributed by atoms with Crippen molar-refractivity contribution in [2.45, 2.75) is 57.4 Å². The Labute approximate surface area is 182 Å². The minimum absolute atomic E-state index is 0.347. The van der Waals surface area contributed by atoms with E-state index < -0.39 is 0 Å². The molecule has 0 spiro atoms. The molecule has 1 saturated carbocycles. The molecule has 2 fully saturated rings. The van der Waals surface area contributed by atoms with Gasteiger partial charge in [-0.1, -0.05) is 40.2 Å². The lowest BCUT2D eigenvalue weighted by Crippen LogP contribution is -2.38. The Balaban J connectivity index is 1.25. The smallest absolute Gasteiger partial charge is 0.225 e. The molecule has 2 aromatic carbocycles. The predicted octanol–water partition coefficient (Wildman–Crippen LogP) is 5.97. The van der Waals surface area contributed by atoms with Crippen molar-refractivity contribution < 1.29 is 4.79 Å². The first-order valence-corrected chi connectivity index (χ1v) is 11.8. The number of carbonyl (C=O) groups excluding carboxylic acids is 1. The van der Waals surface area contributed by atoms with Gasteiger partial charge < -0.3 is 10.2 Å². The summed E-state index contributed by atoms with van der Waals surface area (Å²) >= 11 is 3.74. The number of benzene rings is 2. The Kier molecular flexibility index (Phi) is 5.15. The average molecular weight is 453 g/mol. The third-order valence-corrected chi connectivity index (χ3v) is 7.67. The molecule has 1 N–H and O–H groups in total. The van der Waals surface area contributed by atoms with Crippen LogP contribution >= 0.6 is 15.9 Å². The van der Waals surface area contributed by atoms with E-state index in [1.54, 1.807) is 0 Å². The highest BCUT2D eigenvalue weighted by Gasteiger charge is 2.35. The van der Waals surface area contributed by atoms with Gasteiger partial charge in [0.1, 0.15) is 0 Å². The maximum Gasteiger partial charge on any atom is 0.225 e. The maximum atomic E-state index is 12.3. The zero-order valence-electron chi connectivity index (χ0n) is 17.1. The fourth-order valence-electron chi connectivity index (χ4n) is 5.09. The van der Waals surface area contributed by atoms with E-state index in [4.69, 9.17) is 0 Å². The number of rotatable bonds is 4. The van der Waals surface area contributed by atoms with Crippen molar-refractivity contribution in [3.05, 3.63) is 63.1 Å². The van der Waals surface area contributed by atoms with Crippen LogP contribution in [0.2, 0.25) is 0 Å². The molecule has 1 atom stereocenters. The van der Waals surface area contributed by atoms with Gasteiger partial charge >= 0.3 is 0 Å². The number of halogens is 1. The van der Waals surface area contributed by atoms with E-state index in [-0.39, 0.29) is 0 Å². The molecule has 1 heterocycles. The van der Waals surface area contributed by atoms with Crippen molar-refractivity contribution >= 4 is 27.5 Å². The molecule has 0 radical (unpaired) electrons. The van der Waals surface area contributed by atoms with Gasteiger partial charge in [0.25, 0.3) is 0 Å². The number of fused-ring (bicyclic) bond motifs is 1. The van der Waals surface area contributed by atoms with Gasteiger partial charge in [0.05, 0.1) is 6.04 Å². The molecule has 3 aliphatic rings. The number of nitrogens with one attached hydrogen (secondary N) is 1. The lowest BCUT2D eigenvalue weighted by Gasteiger charge is -2.32. The molecule has 152 valence electrons. The first-order valence-electron chi connectivity index (χ1n) is 11.0. The standard InChI is InChI=1S/C25H29BrN2O/c1-16-15-20(17-11-13-28(14-12-17)25(29)19-5-6-19)8-9-22(16)27-23-10-7-18-3-2-4-21(26)24(18)23/h2-4,8-9,15,17,19,23,27H,5-7,10-14H2,1H3/t23-/m0/s1. The molecule has 4 heteroatoms. The first-order chi connectivity index (χ1) is 14.1. The van der Waals surface area contributed by atoms with Crippen LogP contribution in [-0.2, 0) is 11.2 Å². The van der Waals surface area contributed by atoms with Crippen molar-refractivity contribution in [1.29, 1.82) is 0 Å². The van der Waals surface area contributed by atoms with Gasteiger partial charge in [0.15, 0.2) is 0 Å². The number of amides is 1. The van der Waals surface area contributed by atoms with Crippen molar-refractivity contribution in [2.24, 2.45) is 5.92 Å². The fraction of sp³-hybridized carbons (Fsp3) is 0.480. The molecule has 0 aromatic heterocycles. The molecule has 5 rings (SSSR count). The molecule has 3 nitrogen and oxygen atoms in total. The van der Waals surface area contributed by atoms with Crippen LogP contribution in [0.25, 0.3) is 0 Å². The number of aryl methyl sites for hydroxylation is 2. The SMILES string of the molecule is Cc1cc(C2CCN(C(=O)C3CC3)CC2)ccc1N[C@H]1CCc2cccc(Br)c21. The van der Waals surface area contributed by atoms with E-state index in [9.17, 15) is 4.79 Å². The van der Waals surface area contributed by atoms with E-state index in [0.717, 1.165) is 51.6 Å². The van der Waals surface area contributed by atoms with Crippen LogP contribution in [0, 0.1) is 12.8 Å². The van der Waals surface area contributed by atoms with Crippen molar-refractivity contribution in [2.75, 3.05) is 18.4 Å². The zero-order valence-corrected chi connectivity index (χ0v) is 18.7. The number of anilines is 1. The summed E-state index contributed by atoms with van der Waals surface area (Å²) in [6.07, 6.45) is 6.68. The van der Waals surface area contributed by atoms with E-state index in [1.807, 2.05) is 0 Å². The van der Waals surface area contributed by atoms with Crippen LogP contribution < -0.4 is 5.32 Å². The van der Waals surface area contributed by atoms with E-state index >= 15 is 0 Å². The molecular formula is C25H29BrN2O. The van der Waals surface area contributed by atoms with Crippen molar-refractivity contribution in [3.63, 3.8) is 0 Å². The fourth-order valence-corrected chi connectivity index (χ4v) is 5.77. The predicted molar refractivity (Wildman–Crippen MR) is 121 cm³/mol. The van der Waals surface area contributed by atoms with Crippen molar-refractivity contribution in [3.8, 4) is 0 Å². The molecule has 0 bridgehead atoms. The van der Waals surface area contributed by atoms with Gasteiger partial charge in [-0.2, -0.15) is 0 Å². The highest BCUT2D eigenvalue weighted by atomic mass is 79.9. The van der Waals surface area contributed by atoms with Gasteiger partial charge in [-0.25, -0.2) is 0 Å². The van der Waals surface area contributed by atoms with Crippen LogP contribution in [0.3, 0.4) is 0 Å².